The summed E-state index contributed by atoms with van der Waals surface area (Å²) in [6.07, 6.45) is -0.0264. The van der Waals surface area contributed by atoms with Crippen LogP contribution in [0.4, 0.5) is 8.78 Å². The maximum Gasteiger partial charge on any atom is 0.269 e. The van der Waals surface area contributed by atoms with E-state index < -0.39 is 17.6 Å². The number of hydrogen-bond donors (Lipinski definition) is 2. The topological polar surface area (TPSA) is 71.1 Å². The van der Waals surface area contributed by atoms with Crippen LogP contribution in [0.2, 0.25) is 0 Å². The zero-order chi connectivity index (χ0) is 18.5. The van der Waals surface area contributed by atoms with Gasteiger partial charge in [-0.05, 0) is 48.5 Å². The van der Waals surface area contributed by atoms with Gasteiger partial charge < -0.3 is 0 Å². The molecule has 0 unspecified atom stereocenters. The smallest absolute Gasteiger partial charge is 0.269 e. The molecule has 0 bridgehead atoms. The minimum atomic E-state index is -0.552. The van der Waals surface area contributed by atoms with Crippen molar-refractivity contribution in [2.24, 2.45) is 0 Å². The van der Waals surface area contributed by atoms with Gasteiger partial charge in [-0.3, -0.25) is 20.4 Å². The zero-order valence-corrected chi connectivity index (χ0v) is 14.1. The van der Waals surface area contributed by atoms with E-state index in [0.717, 1.165) is 17.7 Å². The van der Waals surface area contributed by atoms with Crippen molar-refractivity contribution < 1.29 is 18.4 Å². The summed E-state index contributed by atoms with van der Waals surface area (Å²) in [5.74, 6) is -1.78. The lowest BCUT2D eigenvalue weighted by Gasteiger charge is -2.06. The average molecular weight is 373 g/mol. The number of halogens is 2. The predicted octanol–water partition coefficient (Wildman–Crippen LogP) is 3.09. The summed E-state index contributed by atoms with van der Waals surface area (Å²) in [7, 11) is 0. The van der Waals surface area contributed by atoms with E-state index in [1.54, 1.807) is 17.5 Å². The molecule has 1 aromatic heterocycles. The van der Waals surface area contributed by atoms with Crippen LogP contribution >= 0.6 is 11.3 Å². The van der Waals surface area contributed by atoms with Gasteiger partial charge in [0.15, 0.2) is 0 Å². The third-order valence-corrected chi connectivity index (χ3v) is 4.35. The van der Waals surface area contributed by atoms with E-state index >= 15 is 0 Å². The highest BCUT2D eigenvalue weighted by atomic mass is 32.1. The quantitative estimate of drug-likeness (QED) is 0.691. The molecule has 132 valence electrons. The molecule has 2 amide bonds. The van der Waals surface area contributed by atoms with Crippen LogP contribution in [0.25, 0.3) is 10.6 Å². The number of nitrogens with zero attached hydrogens (tertiary/aromatic N) is 1. The lowest BCUT2D eigenvalue weighted by atomic mass is 10.2. The first-order chi connectivity index (χ1) is 12.5. The van der Waals surface area contributed by atoms with Crippen molar-refractivity contribution in [3.8, 4) is 10.6 Å². The third kappa shape index (κ3) is 4.48. The maximum absolute atomic E-state index is 12.9. The molecule has 26 heavy (non-hydrogen) atoms. The van der Waals surface area contributed by atoms with Crippen LogP contribution in [0.5, 0.6) is 0 Å². The van der Waals surface area contributed by atoms with Gasteiger partial charge in [0.05, 0.1) is 12.1 Å². The van der Waals surface area contributed by atoms with Gasteiger partial charge in [0.1, 0.15) is 16.6 Å². The number of thiazole rings is 1. The first-order valence-corrected chi connectivity index (χ1v) is 8.44. The summed E-state index contributed by atoms with van der Waals surface area (Å²) in [6, 6.07) is 10.8. The largest absolute Gasteiger partial charge is 0.273 e. The Morgan fingerprint density at radius 3 is 2.19 bits per heavy atom. The second-order valence-electron chi connectivity index (χ2n) is 5.34. The molecule has 3 rings (SSSR count). The Morgan fingerprint density at radius 2 is 1.54 bits per heavy atom. The standard InChI is InChI=1S/C18H13F2N3O2S/c19-13-5-1-11(2-6-13)17(25)23-22-16(24)9-15-10-26-18(21-15)12-3-7-14(20)8-4-12/h1-8,10H,9H2,(H,22,24)(H,23,25). The van der Waals surface area contributed by atoms with Crippen LogP contribution in [0, 0.1) is 11.6 Å². The molecule has 8 heteroatoms. The fourth-order valence-corrected chi connectivity index (χ4v) is 2.95. The van der Waals surface area contributed by atoms with Gasteiger partial charge >= 0.3 is 0 Å². The first-order valence-electron chi connectivity index (χ1n) is 7.56. The van der Waals surface area contributed by atoms with Crippen molar-refractivity contribution in [1.29, 1.82) is 0 Å². The van der Waals surface area contributed by atoms with Crippen molar-refractivity contribution in [2.45, 2.75) is 6.42 Å². The number of carbonyl (C=O) groups is 2. The number of carbonyl (C=O) groups excluding carboxylic acids is 2. The number of hydrazine groups is 1. The van der Waals surface area contributed by atoms with Crippen LogP contribution in [0.3, 0.4) is 0 Å². The summed E-state index contributed by atoms with van der Waals surface area (Å²) in [5, 5.41) is 2.39. The Bertz CT molecular complexity index is 924. The van der Waals surface area contributed by atoms with Crippen molar-refractivity contribution in [1.82, 2.24) is 15.8 Å². The van der Waals surface area contributed by atoms with E-state index in [9.17, 15) is 18.4 Å². The second kappa shape index (κ2) is 7.83. The molecule has 5 nitrogen and oxygen atoms in total. The number of nitrogens with one attached hydrogen (secondary N) is 2. The van der Waals surface area contributed by atoms with Gasteiger partial charge in [0, 0.05) is 16.5 Å². The highest BCUT2D eigenvalue weighted by molar-refractivity contribution is 7.13. The zero-order valence-electron chi connectivity index (χ0n) is 13.3. The normalized spacial score (nSPS) is 10.4. The molecular formula is C18H13F2N3O2S. The fourth-order valence-electron chi connectivity index (χ4n) is 2.12. The molecule has 1 heterocycles. The first kappa shape index (κ1) is 17.7. The van der Waals surface area contributed by atoms with Crippen LogP contribution in [0.1, 0.15) is 16.1 Å². The Balaban J connectivity index is 1.54. The van der Waals surface area contributed by atoms with Gasteiger partial charge in [-0.15, -0.1) is 11.3 Å². The van der Waals surface area contributed by atoms with E-state index in [-0.39, 0.29) is 17.8 Å². The molecule has 2 aromatic carbocycles. The van der Waals surface area contributed by atoms with E-state index in [2.05, 4.69) is 15.8 Å². The Morgan fingerprint density at radius 1 is 0.923 bits per heavy atom. The molecule has 0 fully saturated rings. The SMILES string of the molecule is O=C(Cc1csc(-c2ccc(F)cc2)n1)NNC(=O)c1ccc(F)cc1. The van der Waals surface area contributed by atoms with E-state index in [0.29, 0.717) is 10.7 Å². The van der Waals surface area contributed by atoms with Crippen LogP contribution in [-0.4, -0.2) is 16.8 Å². The van der Waals surface area contributed by atoms with Crippen LogP contribution < -0.4 is 10.9 Å². The highest BCUT2D eigenvalue weighted by Gasteiger charge is 2.11. The van der Waals surface area contributed by atoms with Gasteiger partial charge in [0.25, 0.3) is 5.91 Å². The van der Waals surface area contributed by atoms with Gasteiger partial charge in [-0.2, -0.15) is 0 Å². The molecule has 3 aromatic rings. The van der Waals surface area contributed by atoms with E-state index in [4.69, 9.17) is 0 Å². The number of hydrogen-bond acceptors (Lipinski definition) is 4. The lowest BCUT2D eigenvalue weighted by molar-refractivity contribution is -0.121. The van der Waals surface area contributed by atoms with E-state index in [1.165, 1.54) is 35.6 Å². The van der Waals surface area contributed by atoms with Crippen molar-refractivity contribution in [3.05, 3.63) is 76.8 Å². The minimum Gasteiger partial charge on any atom is -0.273 e. The van der Waals surface area contributed by atoms with Crippen molar-refractivity contribution in [2.75, 3.05) is 0 Å². The fraction of sp³-hybridized carbons (Fsp3) is 0.0556. The summed E-state index contributed by atoms with van der Waals surface area (Å²) in [4.78, 5) is 28.1. The summed E-state index contributed by atoms with van der Waals surface area (Å²) in [6.45, 7) is 0. The molecule has 0 radical (unpaired) electrons. The number of aromatic nitrogens is 1. The molecule has 0 aliphatic rings. The van der Waals surface area contributed by atoms with Crippen molar-refractivity contribution >= 4 is 23.2 Å². The molecule has 0 aliphatic heterocycles. The molecule has 2 N–H and O–H groups in total. The minimum absolute atomic E-state index is 0.0264. The van der Waals surface area contributed by atoms with Gasteiger partial charge in [-0.1, -0.05) is 0 Å². The highest BCUT2D eigenvalue weighted by Crippen LogP contribution is 2.24. The number of rotatable bonds is 4. The Kier molecular flexibility index (Phi) is 5.33. The monoisotopic (exact) mass is 373 g/mol. The Hall–Kier alpha value is -3.13. The van der Waals surface area contributed by atoms with Crippen molar-refractivity contribution in [3.63, 3.8) is 0 Å². The van der Waals surface area contributed by atoms with Crippen LogP contribution in [0.15, 0.2) is 53.9 Å². The number of amides is 2. The molecule has 0 saturated heterocycles. The predicted molar refractivity (Wildman–Crippen MR) is 93.2 cm³/mol. The van der Waals surface area contributed by atoms with Crippen LogP contribution in [-0.2, 0) is 11.2 Å². The molecular weight excluding hydrogens is 360 g/mol. The molecule has 0 atom stereocenters. The average Bonchev–Trinajstić information content (AvgIpc) is 3.09. The maximum atomic E-state index is 12.9. The lowest BCUT2D eigenvalue weighted by Crippen LogP contribution is -2.42. The summed E-state index contributed by atoms with van der Waals surface area (Å²) >= 11 is 1.34. The third-order valence-electron chi connectivity index (χ3n) is 3.41. The second-order valence-corrected chi connectivity index (χ2v) is 6.19. The molecule has 0 spiro atoms. The Labute approximate surface area is 151 Å². The summed E-state index contributed by atoms with van der Waals surface area (Å²) in [5.41, 5.74) is 6.05. The van der Waals surface area contributed by atoms with Gasteiger partial charge in [0.2, 0.25) is 5.91 Å². The van der Waals surface area contributed by atoms with E-state index in [1.807, 2.05) is 0 Å². The number of benzene rings is 2. The summed E-state index contributed by atoms with van der Waals surface area (Å²) < 4.78 is 25.8. The van der Waals surface area contributed by atoms with Gasteiger partial charge in [-0.25, -0.2) is 13.8 Å². The molecule has 0 saturated carbocycles. The molecule has 0 aliphatic carbocycles.